The van der Waals surface area contributed by atoms with Crippen molar-refractivity contribution in [2.24, 2.45) is 0 Å². The van der Waals surface area contributed by atoms with Crippen molar-refractivity contribution in [2.75, 3.05) is 11.1 Å². The Morgan fingerprint density at radius 2 is 2.19 bits per heavy atom. The van der Waals surface area contributed by atoms with Crippen molar-refractivity contribution in [1.29, 1.82) is 0 Å². The predicted molar refractivity (Wildman–Crippen MR) is 67.2 cm³/mol. The third-order valence-corrected chi connectivity index (χ3v) is 3.42. The molecule has 0 radical (unpaired) electrons. The summed E-state index contributed by atoms with van der Waals surface area (Å²) in [6.07, 6.45) is 0. The lowest BCUT2D eigenvalue weighted by molar-refractivity contribution is 0.619. The van der Waals surface area contributed by atoms with E-state index in [0.29, 0.717) is 12.1 Å². The molecule has 2 nitrogen and oxygen atoms in total. The number of thiophene rings is 1. The monoisotopic (exact) mass is 236 g/mol. The van der Waals surface area contributed by atoms with Gasteiger partial charge < -0.3 is 11.1 Å². The summed E-state index contributed by atoms with van der Waals surface area (Å²) in [5, 5.41) is 5.14. The van der Waals surface area contributed by atoms with Crippen molar-refractivity contribution < 1.29 is 4.39 Å². The molecule has 1 aromatic carbocycles. The van der Waals surface area contributed by atoms with Crippen LogP contribution in [0.25, 0.3) is 0 Å². The maximum atomic E-state index is 13.3. The second-order valence-corrected chi connectivity index (χ2v) is 4.57. The van der Waals surface area contributed by atoms with Crippen molar-refractivity contribution >= 4 is 22.7 Å². The Balaban J connectivity index is 2.11. The van der Waals surface area contributed by atoms with Gasteiger partial charge in [0.15, 0.2) is 0 Å². The number of benzene rings is 1. The number of nitrogens with two attached hydrogens (primary N) is 1. The van der Waals surface area contributed by atoms with Gasteiger partial charge in [-0.2, -0.15) is 0 Å². The molecule has 1 aromatic heterocycles. The van der Waals surface area contributed by atoms with E-state index in [9.17, 15) is 4.39 Å². The van der Waals surface area contributed by atoms with Gasteiger partial charge >= 0.3 is 0 Å². The average Bonchev–Trinajstić information content (AvgIpc) is 2.67. The Bertz CT molecular complexity index is 494. The fourth-order valence-corrected chi connectivity index (χ4v) is 2.21. The molecule has 0 bridgehead atoms. The highest BCUT2D eigenvalue weighted by molar-refractivity contribution is 7.10. The molecule has 0 aliphatic rings. The van der Waals surface area contributed by atoms with Crippen LogP contribution in [0.3, 0.4) is 0 Å². The molecule has 0 aliphatic carbocycles. The van der Waals surface area contributed by atoms with Crippen LogP contribution in [0, 0.1) is 12.7 Å². The summed E-state index contributed by atoms with van der Waals surface area (Å²) in [5.41, 5.74) is 8.00. The summed E-state index contributed by atoms with van der Waals surface area (Å²) in [4.78, 5) is 1.07. The fourth-order valence-electron chi connectivity index (χ4n) is 1.47. The topological polar surface area (TPSA) is 38.0 Å². The van der Waals surface area contributed by atoms with Crippen LogP contribution in [-0.2, 0) is 6.54 Å². The van der Waals surface area contributed by atoms with Crippen molar-refractivity contribution in [2.45, 2.75) is 13.5 Å². The lowest BCUT2D eigenvalue weighted by atomic mass is 10.2. The number of halogens is 1. The van der Waals surface area contributed by atoms with Gasteiger partial charge in [-0.05, 0) is 30.5 Å². The lowest BCUT2D eigenvalue weighted by Gasteiger charge is -2.09. The molecule has 4 heteroatoms. The molecule has 0 unspecified atom stereocenters. The Morgan fingerprint density at radius 1 is 1.38 bits per heavy atom. The zero-order valence-electron chi connectivity index (χ0n) is 8.96. The van der Waals surface area contributed by atoms with E-state index in [0.717, 1.165) is 16.3 Å². The smallest absolute Gasteiger partial charge is 0.128 e. The van der Waals surface area contributed by atoms with Gasteiger partial charge in [-0.25, -0.2) is 4.39 Å². The Kier molecular flexibility index (Phi) is 3.10. The number of hydrogen-bond donors (Lipinski definition) is 2. The summed E-state index contributed by atoms with van der Waals surface area (Å²) in [6.45, 7) is 2.39. The third-order valence-electron chi connectivity index (χ3n) is 2.49. The second-order valence-electron chi connectivity index (χ2n) is 3.57. The largest absolute Gasteiger partial charge is 0.398 e. The first-order chi connectivity index (χ1) is 7.68. The van der Waals surface area contributed by atoms with Crippen LogP contribution in [0.1, 0.15) is 10.4 Å². The van der Waals surface area contributed by atoms with E-state index in [1.54, 1.807) is 24.3 Å². The first-order valence-electron chi connectivity index (χ1n) is 4.99. The molecule has 0 aliphatic heterocycles. The van der Waals surface area contributed by atoms with E-state index >= 15 is 0 Å². The first kappa shape index (κ1) is 11.0. The van der Waals surface area contributed by atoms with Gasteiger partial charge in [0, 0.05) is 21.8 Å². The highest BCUT2D eigenvalue weighted by atomic mass is 32.1. The SMILES string of the molecule is Cc1c(F)cccc1NCc1sccc1N. The second kappa shape index (κ2) is 4.53. The third kappa shape index (κ3) is 2.17. The summed E-state index contributed by atoms with van der Waals surface area (Å²) < 4.78 is 13.3. The van der Waals surface area contributed by atoms with E-state index in [1.165, 1.54) is 6.07 Å². The molecule has 0 fully saturated rings. The van der Waals surface area contributed by atoms with Crippen molar-refractivity contribution in [3.05, 3.63) is 45.9 Å². The molecule has 0 amide bonds. The standard InChI is InChI=1S/C12H13FN2S/c1-8-9(13)3-2-4-11(8)15-7-12-10(14)5-6-16-12/h2-6,15H,7,14H2,1H3. The van der Waals surface area contributed by atoms with Gasteiger partial charge in [-0.15, -0.1) is 11.3 Å². The fraction of sp³-hybridized carbons (Fsp3) is 0.167. The van der Waals surface area contributed by atoms with Gasteiger partial charge in [0.25, 0.3) is 0 Å². The van der Waals surface area contributed by atoms with Crippen LogP contribution in [-0.4, -0.2) is 0 Å². The van der Waals surface area contributed by atoms with Crippen LogP contribution in [0.15, 0.2) is 29.6 Å². The quantitative estimate of drug-likeness (QED) is 0.857. The highest BCUT2D eigenvalue weighted by Crippen LogP contribution is 2.22. The minimum absolute atomic E-state index is 0.191. The van der Waals surface area contributed by atoms with E-state index in [-0.39, 0.29) is 5.82 Å². The van der Waals surface area contributed by atoms with Crippen molar-refractivity contribution in [3.63, 3.8) is 0 Å². The van der Waals surface area contributed by atoms with Crippen molar-refractivity contribution in [1.82, 2.24) is 0 Å². The maximum absolute atomic E-state index is 13.3. The minimum Gasteiger partial charge on any atom is -0.398 e. The van der Waals surface area contributed by atoms with E-state index < -0.39 is 0 Å². The lowest BCUT2D eigenvalue weighted by Crippen LogP contribution is -2.02. The molecule has 0 saturated heterocycles. The molecule has 84 valence electrons. The molecule has 2 rings (SSSR count). The summed E-state index contributed by atoms with van der Waals surface area (Å²) in [6, 6.07) is 6.89. The molecule has 16 heavy (non-hydrogen) atoms. The summed E-state index contributed by atoms with van der Waals surface area (Å²) >= 11 is 1.60. The van der Waals surface area contributed by atoms with Gasteiger partial charge in [-0.1, -0.05) is 6.07 Å². The number of hydrogen-bond acceptors (Lipinski definition) is 3. The molecular weight excluding hydrogens is 223 g/mol. The molecule has 3 N–H and O–H groups in total. The van der Waals surface area contributed by atoms with Crippen LogP contribution in [0.2, 0.25) is 0 Å². The molecule has 0 spiro atoms. The Morgan fingerprint density at radius 3 is 2.88 bits per heavy atom. The summed E-state index contributed by atoms with van der Waals surface area (Å²) in [7, 11) is 0. The predicted octanol–water partition coefficient (Wildman–Crippen LogP) is 3.39. The Hall–Kier alpha value is -1.55. The van der Waals surface area contributed by atoms with Gasteiger partial charge in [0.1, 0.15) is 5.82 Å². The molecule has 2 aromatic rings. The Labute approximate surface area is 97.9 Å². The first-order valence-corrected chi connectivity index (χ1v) is 5.87. The van der Waals surface area contributed by atoms with Gasteiger partial charge in [-0.3, -0.25) is 0 Å². The molecule has 1 heterocycles. The normalized spacial score (nSPS) is 10.4. The zero-order valence-corrected chi connectivity index (χ0v) is 9.77. The van der Waals surface area contributed by atoms with E-state index in [4.69, 9.17) is 5.73 Å². The van der Waals surface area contributed by atoms with Crippen LogP contribution in [0.5, 0.6) is 0 Å². The van der Waals surface area contributed by atoms with E-state index in [1.807, 2.05) is 17.5 Å². The number of nitrogen functional groups attached to an aromatic ring is 1. The number of rotatable bonds is 3. The number of anilines is 2. The summed E-state index contributed by atoms with van der Waals surface area (Å²) in [5.74, 6) is -0.191. The van der Waals surface area contributed by atoms with Gasteiger partial charge in [0.05, 0.1) is 6.54 Å². The average molecular weight is 236 g/mol. The molecule has 0 saturated carbocycles. The van der Waals surface area contributed by atoms with Gasteiger partial charge in [0.2, 0.25) is 0 Å². The maximum Gasteiger partial charge on any atom is 0.128 e. The number of nitrogens with one attached hydrogen (secondary N) is 1. The molecular formula is C12H13FN2S. The van der Waals surface area contributed by atoms with Crippen LogP contribution < -0.4 is 11.1 Å². The highest BCUT2D eigenvalue weighted by Gasteiger charge is 2.04. The molecule has 0 atom stereocenters. The van der Waals surface area contributed by atoms with Crippen LogP contribution in [0.4, 0.5) is 15.8 Å². The van der Waals surface area contributed by atoms with Crippen molar-refractivity contribution in [3.8, 4) is 0 Å². The zero-order chi connectivity index (χ0) is 11.5. The van der Waals surface area contributed by atoms with Crippen LogP contribution >= 0.6 is 11.3 Å². The minimum atomic E-state index is -0.191. The van der Waals surface area contributed by atoms with E-state index in [2.05, 4.69) is 5.32 Å².